The van der Waals surface area contributed by atoms with E-state index in [1.54, 1.807) is 11.0 Å². The van der Waals surface area contributed by atoms with Crippen LogP contribution in [0, 0.1) is 0 Å². The van der Waals surface area contributed by atoms with Crippen LogP contribution in [0.4, 0.5) is 5.69 Å². The maximum absolute atomic E-state index is 13.0. The summed E-state index contributed by atoms with van der Waals surface area (Å²) in [5.41, 5.74) is 2.39. The van der Waals surface area contributed by atoms with Crippen molar-refractivity contribution >= 4 is 29.3 Å². The maximum Gasteiger partial charge on any atom is 0.343 e. The summed E-state index contributed by atoms with van der Waals surface area (Å²) in [4.78, 5) is 26.9. The maximum atomic E-state index is 13.0. The predicted molar refractivity (Wildman–Crippen MR) is 103 cm³/mol. The number of aromatic nitrogens is 1. The minimum Gasteiger partial charge on any atom is -0.455 e. The van der Waals surface area contributed by atoms with Gasteiger partial charge in [0.25, 0.3) is 0 Å². The number of para-hydroxylation sites is 1. The lowest BCUT2D eigenvalue weighted by molar-refractivity contribution is -0.148. The van der Waals surface area contributed by atoms with Crippen molar-refractivity contribution in [1.82, 2.24) is 5.16 Å². The zero-order chi connectivity index (χ0) is 19.1. The van der Waals surface area contributed by atoms with Gasteiger partial charge in [0.1, 0.15) is 5.69 Å². The molecule has 1 amide bonds. The molecule has 28 heavy (non-hydrogen) atoms. The molecule has 5 rings (SSSR count). The summed E-state index contributed by atoms with van der Waals surface area (Å²) in [6, 6.07) is 18.9. The molecule has 0 radical (unpaired) electrons. The molecule has 1 saturated heterocycles. The Morgan fingerprint density at radius 1 is 1.18 bits per heavy atom. The Labute approximate surface area is 165 Å². The largest absolute Gasteiger partial charge is 0.455 e. The molecule has 1 aromatic heterocycles. The number of benzene rings is 2. The molecule has 7 heteroatoms. The number of amides is 1. The molecule has 0 saturated carbocycles. The van der Waals surface area contributed by atoms with Crippen LogP contribution in [0.5, 0.6) is 0 Å². The van der Waals surface area contributed by atoms with Gasteiger partial charge in [0.2, 0.25) is 5.91 Å². The number of esters is 1. The van der Waals surface area contributed by atoms with Gasteiger partial charge in [-0.3, -0.25) is 9.69 Å². The highest BCUT2D eigenvalue weighted by Crippen LogP contribution is 2.56. The van der Waals surface area contributed by atoms with Crippen LogP contribution < -0.4 is 4.90 Å². The Hall–Kier alpha value is -3.06. The van der Waals surface area contributed by atoms with Gasteiger partial charge in [0, 0.05) is 29.4 Å². The summed E-state index contributed by atoms with van der Waals surface area (Å²) in [6.45, 7) is -0.0284. The van der Waals surface area contributed by atoms with E-state index in [1.807, 2.05) is 54.6 Å². The van der Waals surface area contributed by atoms with Gasteiger partial charge >= 0.3 is 5.97 Å². The van der Waals surface area contributed by atoms with Crippen LogP contribution in [-0.2, 0) is 20.9 Å². The summed E-state index contributed by atoms with van der Waals surface area (Å²) < 4.78 is 10.9. The van der Waals surface area contributed by atoms with Crippen LogP contribution in [0.15, 0.2) is 70.1 Å². The first kappa shape index (κ1) is 17.1. The van der Waals surface area contributed by atoms with Crippen LogP contribution in [0.25, 0.3) is 11.3 Å². The van der Waals surface area contributed by atoms with E-state index in [4.69, 9.17) is 9.26 Å². The SMILES string of the molecule is O=C1CC[C@]2(C(=O)OCc3cc(-c4ccccc4)no3)Sc3ccccc3N12. The van der Waals surface area contributed by atoms with Crippen LogP contribution >= 0.6 is 11.8 Å². The summed E-state index contributed by atoms with van der Waals surface area (Å²) in [5.74, 6) is -0.0300. The van der Waals surface area contributed by atoms with E-state index in [2.05, 4.69) is 5.16 Å². The number of thioether (sulfide) groups is 1. The molecule has 6 nitrogen and oxygen atoms in total. The molecule has 1 atom stereocenters. The van der Waals surface area contributed by atoms with Gasteiger partial charge in [0.05, 0.1) is 5.69 Å². The van der Waals surface area contributed by atoms with Gasteiger partial charge in [-0.15, -0.1) is 0 Å². The zero-order valence-corrected chi connectivity index (χ0v) is 15.6. The van der Waals surface area contributed by atoms with E-state index in [-0.39, 0.29) is 12.5 Å². The van der Waals surface area contributed by atoms with Gasteiger partial charge in [-0.2, -0.15) is 0 Å². The highest BCUT2D eigenvalue weighted by atomic mass is 32.2. The van der Waals surface area contributed by atoms with E-state index in [9.17, 15) is 9.59 Å². The molecule has 3 aromatic rings. The standard InChI is InChI=1S/C21H16N2O4S/c24-19-10-11-21(23(19)17-8-4-5-9-18(17)28-21)20(25)26-13-15-12-16(22-27-15)14-6-2-1-3-7-14/h1-9,12H,10-11,13H2/t21-/m1/s1. The van der Waals surface area contributed by atoms with Crippen molar-refractivity contribution in [2.45, 2.75) is 29.2 Å². The van der Waals surface area contributed by atoms with Gasteiger partial charge in [0.15, 0.2) is 17.2 Å². The fraction of sp³-hybridized carbons (Fsp3) is 0.190. The van der Waals surface area contributed by atoms with E-state index in [0.717, 1.165) is 16.1 Å². The summed E-state index contributed by atoms with van der Waals surface area (Å²) >= 11 is 1.39. The van der Waals surface area contributed by atoms with E-state index < -0.39 is 10.8 Å². The molecule has 0 N–H and O–H groups in total. The second-order valence-electron chi connectivity index (χ2n) is 6.70. The number of hydrogen-bond donors (Lipinski definition) is 0. The van der Waals surface area contributed by atoms with Gasteiger partial charge in [-0.25, -0.2) is 4.79 Å². The van der Waals surface area contributed by atoms with Crippen molar-refractivity contribution in [3.63, 3.8) is 0 Å². The van der Waals surface area contributed by atoms with Crippen molar-refractivity contribution in [3.05, 3.63) is 66.4 Å². The quantitative estimate of drug-likeness (QED) is 0.625. The monoisotopic (exact) mass is 392 g/mol. The molecule has 1 fully saturated rings. The third-order valence-corrected chi connectivity index (χ3v) is 6.42. The third-order valence-electron chi connectivity index (χ3n) is 4.97. The molecule has 140 valence electrons. The third kappa shape index (κ3) is 2.62. The van der Waals surface area contributed by atoms with Crippen molar-refractivity contribution in [2.75, 3.05) is 4.90 Å². The molecule has 0 spiro atoms. The van der Waals surface area contributed by atoms with E-state index >= 15 is 0 Å². The topological polar surface area (TPSA) is 72.6 Å². The van der Waals surface area contributed by atoms with Crippen molar-refractivity contribution in [3.8, 4) is 11.3 Å². The Kier molecular flexibility index (Phi) is 3.98. The fourth-order valence-electron chi connectivity index (χ4n) is 3.65. The first-order valence-corrected chi connectivity index (χ1v) is 9.78. The highest BCUT2D eigenvalue weighted by molar-refractivity contribution is 8.02. The Morgan fingerprint density at radius 2 is 1.96 bits per heavy atom. The normalized spacial score (nSPS) is 20.1. The Balaban J connectivity index is 1.34. The van der Waals surface area contributed by atoms with Crippen LogP contribution in [0.2, 0.25) is 0 Å². The number of rotatable bonds is 4. The second-order valence-corrected chi connectivity index (χ2v) is 8.02. The number of hydrogen-bond acceptors (Lipinski definition) is 6. The van der Waals surface area contributed by atoms with Gasteiger partial charge in [-0.05, 0) is 12.1 Å². The summed E-state index contributed by atoms with van der Waals surface area (Å²) in [5, 5.41) is 4.04. The second kappa shape index (κ2) is 6.53. The number of carbonyl (C=O) groups excluding carboxylic acids is 2. The molecule has 0 bridgehead atoms. The summed E-state index contributed by atoms with van der Waals surface area (Å²) in [7, 11) is 0. The predicted octanol–water partition coefficient (Wildman–Crippen LogP) is 4.01. The molecule has 3 heterocycles. The first-order chi connectivity index (χ1) is 13.7. The molecule has 2 aromatic carbocycles. The molecule has 0 aliphatic carbocycles. The smallest absolute Gasteiger partial charge is 0.343 e. The number of carbonyl (C=O) groups is 2. The van der Waals surface area contributed by atoms with Crippen LogP contribution in [-0.4, -0.2) is 21.9 Å². The van der Waals surface area contributed by atoms with Crippen LogP contribution in [0.3, 0.4) is 0 Å². The number of anilines is 1. The highest BCUT2D eigenvalue weighted by Gasteiger charge is 2.58. The molecular formula is C21H16N2O4S. The van der Waals surface area contributed by atoms with E-state index in [0.29, 0.717) is 24.3 Å². The van der Waals surface area contributed by atoms with E-state index in [1.165, 1.54) is 11.8 Å². The lowest BCUT2D eigenvalue weighted by Crippen LogP contribution is -2.47. The molecule has 2 aliphatic heterocycles. The molecule has 0 unspecified atom stereocenters. The number of nitrogens with zero attached hydrogens (tertiary/aromatic N) is 2. The minimum absolute atomic E-state index is 0.0284. The first-order valence-electron chi connectivity index (χ1n) is 8.97. The average Bonchev–Trinajstić information content (AvgIpc) is 3.41. The zero-order valence-electron chi connectivity index (χ0n) is 14.8. The van der Waals surface area contributed by atoms with Crippen LogP contribution in [0.1, 0.15) is 18.6 Å². The Bertz CT molecular complexity index is 1070. The average molecular weight is 392 g/mol. The number of ether oxygens (including phenoxy) is 1. The minimum atomic E-state index is -1.02. The fourth-order valence-corrected chi connectivity index (χ4v) is 5.06. The summed E-state index contributed by atoms with van der Waals surface area (Å²) in [6.07, 6.45) is 0.757. The van der Waals surface area contributed by atoms with Crippen molar-refractivity contribution in [2.24, 2.45) is 0 Å². The lowest BCUT2D eigenvalue weighted by Gasteiger charge is -2.28. The lowest BCUT2D eigenvalue weighted by atomic mass is 10.1. The molecular weight excluding hydrogens is 376 g/mol. The number of fused-ring (bicyclic) bond motifs is 3. The Morgan fingerprint density at radius 3 is 2.82 bits per heavy atom. The molecule has 2 aliphatic rings. The van der Waals surface area contributed by atoms with Gasteiger partial charge in [-0.1, -0.05) is 59.4 Å². The van der Waals surface area contributed by atoms with Crippen molar-refractivity contribution in [1.29, 1.82) is 0 Å². The van der Waals surface area contributed by atoms with Crippen molar-refractivity contribution < 1.29 is 18.8 Å². The van der Waals surface area contributed by atoms with Gasteiger partial charge < -0.3 is 9.26 Å².